The molecule has 0 aromatic heterocycles. The number of rotatable bonds is 10. The van der Waals surface area contributed by atoms with Crippen molar-refractivity contribution >= 4 is 11.9 Å². The lowest BCUT2D eigenvalue weighted by atomic mass is 9.97. The number of carboxylic acid groups (broad SMARTS) is 1. The molecular formula is C28H28N2O4. The monoisotopic (exact) mass is 456 g/mol. The normalized spacial score (nSPS) is 12.5. The summed E-state index contributed by atoms with van der Waals surface area (Å²) in [4.78, 5) is 23.8. The zero-order valence-corrected chi connectivity index (χ0v) is 19.3. The van der Waals surface area contributed by atoms with E-state index in [0.717, 1.165) is 22.3 Å². The van der Waals surface area contributed by atoms with Crippen LogP contribution in [-0.2, 0) is 9.53 Å². The van der Waals surface area contributed by atoms with Gasteiger partial charge in [-0.2, -0.15) is 5.26 Å². The van der Waals surface area contributed by atoms with Crippen LogP contribution in [0.3, 0.4) is 0 Å². The number of carbonyl (C=O) groups excluding carboxylic acids is 1. The largest absolute Gasteiger partial charge is 0.478 e. The molecule has 6 nitrogen and oxygen atoms in total. The molecule has 2 N–H and O–H groups in total. The molecule has 0 aliphatic rings. The lowest BCUT2D eigenvalue weighted by molar-refractivity contribution is -0.136. The molecule has 0 heterocycles. The average molecular weight is 457 g/mol. The number of carbonyl (C=O) groups is 2. The van der Waals surface area contributed by atoms with Gasteiger partial charge >= 0.3 is 5.97 Å². The van der Waals surface area contributed by atoms with Crippen LogP contribution in [0.5, 0.6) is 0 Å². The van der Waals surface area contributed by atoms with E-state index in [1.807, 2.05) is 74.5 Å². The third-order valence-electron chi connectivity index (χ3n) is 5.40. The van der Waals surface area contributed by atoms with E-state index >= 15 is 0 Å². The molecule has 34 heavy (non-hydrogen) atoms. The molecule has 1 unspecified atom stereocenters. The molecule has 0 aliphatic heterocycles. The highest BCUT2D eigenvalue weighted by Gasteiger charge is 2.26. The van der Waals surface area contributed by atoms with Crippen molar-refractivity contribution in [2.24, 2.45) is 5.92 Å². The van der Waals surface area contributed by atoms with E-state index in [9.17, 15) is 9.59 Å². The van der Waals surface area contributed by atoms with Gasteiger partial charge in [-0.1, -0.05) is 80.6 Å². The molecule has 0 bridgehead atoms. The van der Waals surface area contributed by atoms with E-state index in [2.05, 4.69) is 5.32 Å². The Balaban J connectivity index is 1.90. The molecule has 0 saturated carbocycles. The van der Waals surface area contributed by atoms with E-state index in [1.54, 1.807) is 24.3 Å². The Kier molecular flexibility index (Phi) is 8.55. The standard InChI is InChI=1S/C28H28N2O4/c1-19(2)18-25(27(31)30-17-16-29)34-26(22-6-4-3-5-7-22)23-12-8-20(9-13-23)21-10-14-24(15-11-21)28(32)33/h3-15,19,25-26H,17-18H2,1-2H3,(H,30,31)(H,32,33)/t25-,26?/m0/s1. The first-order valence-corrected chi connectivity index (χ1v) is 11.2. The van der Waals surface area contributed by atoms with Gasteiger partial charge < -0.3 is 15.2 Å². The van der Waals surface area contributed by atoms with E-state index in [1.165, 1.54) is 0 Å². The maximum absolute atomic E-state index is 12.7. The molecule has 0 radical (unpaired) electrons. The molecule has 0 spiro atoms. The van der Waals surface area contributed by atoms with Gasteiger partial charge in [-0.3, -0.25) is 4.79 Å². The first-order chi connectivity index (χ1) is 16.4. The number of hydrogen-bond donors (Lipinski definition) is 2. The third kappa shape index (κ3) is 6.53. The Hall–Kier alpha value is -3.95. The number of nitrogens with zero attached hydrogens (tertiary/aromatic N) is 1. The zero-order valence-electron chi connectivity index (χ0n) is 19.3. The highest BCUT2D eigenvalue weighted by molar-refractivity contribution is 5.88. The molecule has 3 rings (SSSR count). The molecule has 3 aromatic rings. The number of carboxylic acids is 1. The maximum atomic E-state index is 12.7. The Morgan fingerprint density at radius 1 is 0.912 bits per heavy atom. The van der Waals surface area contributed by atoms with E-state index in [-0.39, 0.29) is 23.9 Å². The minimum Gasteiger partial charge on any atom is -0.478 e. The van der Waals surface area contributed by atoms with Crippen LogP contribution in [0.2, 0.25) is 0 Å². The molecule has 0 fully saturated rings. The first-order valence-electron chi connectivity index (χ1n) is 11.2. The summed E-state index contributed by atoms with van der Waals surface area (Å²) in [6, 6.07) is 26.2. The van der Waals surface area contributed by atoms with Crippen LogP contribution < -0.4 is 5.32 Å². The fourth-order valence-corrected chi connectivity index (χ4v) is 3.69. The second-order valence-electron chi connectivity index (χ2n) is 8.43. The molecule has 1 amide bonds. The van der Waals surface area contributed by atoms with Crippen LogP contribution in [0.25, 0.3) is 11.1 Å². The number of benzene rings is 3. The Bertz CT molecular complexity index is 1130. The SMILES string of the molecule is CC(C)C[C@H](OC(c1ccccc1)c1ccc(-c2ccc(C(=O)O)cc2)cc1)C(=O)NCC#N. The fourth-order valence-electron chi connectivity index (χ4n) is 3.69. The summed E-state index contributed by atoms with van der Waals surface area (Å²) in [5.74, 6) is -1.03. The van der Waals surface area contributed by atoms with E-state index < -0.39 is 18.2 Å². The van der Waals surface area contributed by atoms with Gasteiger partial charge in [0, 0.05) is 0 Å². The molecule has 2 atom stereocenters. The van der Waals surface area contributed by atoms with Gasteiger partial charge in [0.1, 0.15) is 18.8 Å². The zero-order chi connectivity index (χ0) is 24.5. The lowest BCUT2D eigenvalue weighted by Crippen LogP contribution is -2.38. The third-order valence-corrected chi connectivity index (χ3v) is 5.40. The lowest BCUT2D eigenvalue weighted by Gasteiger charge is -2.26. The second kappa shape index (κ2) is 11.8. The summed E-state index contributed by atoms with van der Waals surface area (Å²) >= 11 is 0. The summed E-state index contributed by atoms with van der Waals surface area (Å²) in [5.41, 5.74) is 3.89. The van der Waals surface area contributed by atoms with Crippen molar-refractivity contribution in [2.75, 3.05) is 6.54 Å². The summed E-state index contributed by atoms with van der Waals surface area (Å²) < 4.78 is 6.39. The minimum absolute atomic E-state index is 0.0673. The number of ether oxygens (including phenoxy) is 1. The van der Waals surface area contributed by atoms with Crippen LogP contribution >= 0.6 is 0 Å². The highest BCUT2D eigenvalue weighted by Crippen LogP contribution is 2.31. The predicted octanol–water partition coefficient (Wildman–Crippen LogP) is 5.21. The van der Waals surface area contributed by atoms with Crippen molar-refractivity contribution in [1.29, 1.82) is 5.26 Å². The predicted molar refractivity (Wildman–Crippen MR) is 130 cm³/mol. The van der Waals surface area contributed by atoms with Gasteiger partial charge in [0.25, 0.3) is 0 Å². The van der Waals surface area contributed by atoms with Crippen molar-refractivity contribution in [3.05, 3.63) is 95.6 Å². The number of nitriles is 1. The summed E-state index contributed by atoms with van der Waals surface area (Å²) in [7, 11) is 0. The molecule has 174 valence electrons. The Morgan fingerprint density at radius 3 is 2.00 bits per heavy atom. The van der Waals surface area contributed by atoms with Crippen molar-refractivity contribution in [3.63, 3.8) is 0 Å². The van der Waals surface area contributed by atoms with Gasteiger partial charge in [-0.05, 0) is 46.7 Å². The fraction of sp³-hybridized carbons (Fsp3) is 0.250. The molecule has 0 aliphatic carbocycles. The van der Waals surface area contributed by atoms with Crippen LogP contribution in [-0.4, -0.2) is 29.6 Å². The van der Waals surface area contributed by atoms with Gasteiger partial charge in [-0.25, -0.2) is 4.79 Å². The number of hydrogen-bond acceptors (Lipinski definition) is 4. The molecule has 0 saturated heterocycles. The number of amides is 1. The molecule has 6 heteroatoms. The van der Waals surface area contributed by atoms with Crippen LogP contribution in [0.1, 0.15) is 47.9 Å². The van der Waals surface area contributed by atoms with Gasteiger partial charge in [0.05, 0.1) is 11.6 Å². The average Bonchev–Trinajstić information content (AvgIpc) is 2.85. The Morgan fingerprint density at radius 2 is 1.47 bits per heavy atom. The summed E-state index contributed by atoms with van der Waals surface area (Å²) in [6.07, 6.45) is -0.655. The van der Waals surface area contributed by atoms with Gasteiger partial charge in [-0.15, -0.1) is 0 Å². The summed E-state index contributed by atoms with van der Waals surface area (Å²) in [6.45, 7) is 3.98. The topological polar surface area (TPSA) is 99.4 Å². The first kappa shape index (κ1) is 24.7. The van der Waals surface area contributed by atoms with Crippen LogP contribution in [0, 0.1) is 17.2 Å². The highest BCUT2D eigenvalue weighted by atomic mass is 16.5. The number of aromatic carboxylic acids is 1. The van der Waals surface area contributed by atoms with Gasteiger partial charge in [0.15, 0.2) is 0 Å². The van der Waals surface area contributed by atoms with Crippen molar-refractivity contribution in [3.8, 4) is 17.2 Å². The minimum atomic E-state index is -0.959. The second-order valence-corrected chi connectivity index (χ2v) is 8.43. The van der Waals surface area contributed by atoms with E-state index in [4.69, 9.17) is 15.1 Å². The van der Waals surface area contributed by atoms with Gasteiger partial charge in [0.2, 0.25) is 5.91 Å². The van der Waals surface area contributed by atoms with Crippen molar-refractivity contribution in [2.45, 2.75) is 32.5 Å². The van der Waals surface area contributed by atoms with Crippen LogP contribution in [0.15, 0.2) is 78.9 Å². The molecule has 3 aromatic carbocycles. The quantitative estimate of drug-likeness (QED) is 0.408. The Labute approximate surface area is 199 Å². The number of nitrogens with one attached hydrogen (secondary N) is 1. The van der Waals surface area contributed by atoms with Crippen LogP contribution in [0.4, 0.5) is 0 Å². The van der Waals surface area contributed by atoms with Crippen molar-refractivity contribution in [1.82, 2.24) is 5.32 Å². The maximum Gasteiger partial charge on any atom is 0.335 e. The van der Waals surface area contributed by atoms with E-state index in [0.29, 0.717) is 6.42 Å². The summed E-state index contributed by atoms with van der Waals surface area (Å²) in [5, 5.41) is 20.6. The molecular weight excluding hydrogens is 428 g/mol. The van der Waals surface area contributed by atoms with Crippen molar-refractivity contribution < 1.29 is 19.4 Å². The smallest absolute Gasteiger partial charge is 0.335 e.